The highest BCUT2D eigenvalue weighted by Gasteiger charge is 2.24. The Morgan fingerprint density at radius 2 is 2.05 bits per heavy atom. The number of carboxylic acids is 1. The average molecular weight is 590 g/mol. The predicted octanol–water partition coefficient (Wildman–Crippen LogP) is 4.06. The number of carbonyl (C=O) groups excluding carboxylic acids is 2. The summed E-state index contributed by atoms with van der Waals surface area (Å²) in [5.41, 5.74) is 0.589. The highest BCUT2D eigenvalue weighted by molar-refractivity contribution is 6.31. The summed E-state index contributed by atoms with van der Waals surface area (Å²) in [6.07, 6.45) is 6.08. The van der Waals surface area contributed by atoms with Crippen molar-refractivity contribution in [2.24, 2.45) is 5.92 Å². The molecule has 1 atom stereocenters. The molecule has 0 fully saturated rings. The number of alkyl halides is 2. The van der Waals surface area contributed by atoms with Crippen LogP contribution in [-0.4, -0.2) is 71.9 Å². The Bertz CT molecular complexity index is 1570. The molecule has 2 N–H and O–H groups in total. The molecule has 3 heterocycles. The number of carbonyl (C=O) groups is 3. The van der Waals surface area contributed by atoms with E-state index in [0.29, 0.717) is 6.54 Å². The smallest absolute Gasteiger partial charge is 0.387 e. The summed E-state index contributed by atoms with van der Waals surface area (Å²) in [6, 6.07) is 5.61. The number of halogens is 3. The summed E-state index contributed by atoms with van der Waals surface area (Å²) in [7, 11) is 0. The van der Waals surface area contributed by atoms with Crippen LogP contribution in [0.2, 0.25) is 5.02 Å². The Morgan fingerprint density at radius 1 is 1.27 bits per heavy atom. The molecule has 0 aliphatic heterocycles. The van der Waals surface area contributed by atoms with Crippen molar-refractivity contribution < 1.29 is 33.0 Å². The summed E-state index contributed by atoms with van der Waals surface area (Å²) in [4.78, 5) is 43.1. The fourth-order valence-corrected chi connectivity index (χ4v) is 4.20. The number of aromatic nitrogens is 5. The summed E-state index contributed by atoms with van der Waals surface area (Å²) in [5, 5.41) is 20.6. The first-order valence-electron chi connectivity index (χ1n) is 12.5. The fourth-order valence-electron chi connectivity index (χ4n) is 4.03. The molecule has 216 valence electrons. The van der Waals surface area contributed by atoms with Gasteiger partial charge in [-0.1, -0.05) is 18.5 Å². The normalized spacial score (nSPS) is 12.0. The molecule has 0 saturated carbocycles. The van der Waals surface area contributed by atoms with Crippen molar-refractivity contribution in [1.82, 2.24) is 29.3 Å². The minimum absolute atomic E-state index is 0.0243. The van der Waals surface area contributed by atoms with Gasteiger partial charge in [0.2, 0.25) is 5.91 Å². The summed E-state index contributed by atoms with van der Waals surface area (Å²) in [6.45, 7) is 0.427. The van der Waals surface area contributed by atoms with Gasteiger partial charge in [0.05, 0.1) is 17.8 Å². The minimum atomic E-state index is -3.15. The third-order valence-corrected chi connectivity index (χ3v) is 6.47. The third-order valence-electron chi connectivity index (χ3n) is 6.23. The van der Waals surface area contributed by atoms with Crippen molar-refractivity contribution >= 4 is 40.7 Å². The number of ether oxygens (including phenoxy) is 1. The van der Waals surface area contributed by atoms with Crippen LogP contribution in [0, 0.1) is 5.92 Å². The molecule has 4 rings (SSSR count). The zero-order valence-electron chi connectivity index (χ0n) is 22.0. The Morgan fingerprint density at radius 3 is 2.76 bits per heavy atom. The summed E-state index contributed by atoms with van der Waals surface area (Å²) < 4.78 is 33.7. The lowest BCUT2D eigenvalue weighted by Crippen LogP contribution is -2.35. The maximum absolute atomic E-state index is 13.3. The van der Waals surface area contributed by atoms with Crippen LogP contribution >= 0.6 is 11.6 Å². The van der Waals surface area contributed by atoms with Crippen molar-refractivity contribution in [3.05, 3.63) is 59.6 Å². The van der Waals surface area contributed by atoms with E-state index in [1.165, 1.54) is 50.9 Å². The van der Waals surface area contributed by atoms with Crippen LogP contribution in [0.4, 0.5) is 14.5 Å². The SMILES string of the molecule is CCN(CCC(C)C(=O)O)C(=O)Cn1cc(NC(=O)c2cnn3cccnc23)c(-c2cc(Cl)ccc2OC(F)F)n1. The van der Waals surface area contributed by atoms with Crippen molar-refractivity contribution in [1.29, 1.82) is 0 Å². The van der Waals surface area contributed by atoms with E-state index in [2.05, 4.69) is 25.2 Å². The first kappa shape index (κ1) is 29.4. The topological polar surface area (TPSA) is 144 Å². The maximum Gasteiger partial charge on any atom is 0.387 e. The first-order valence-corrected chi connectivity index (χ1v) is 12.9. The summed E-state index contributed by atoms with van der Waals surface area (Å²) >= 11 is 6.16. The molecule has 0 aliphatic carbocycles. The summed E-state index contributed by atoms with van der Waals surface area (Å²) in [5.74, 6) is -2.82. The van der Waals surface area contributed by atoms with Gasteiger partial charge in [0, 0.05) is 42.3 Å². The second-order valence-electron chi connectivity index (χ2n) is 9.01. The van der Waals surface area contributed by atoms with Gasteiger partial charge in [-0.3, -0.25) is 19.1 Å². The van der Waals surface area contributed by atoms with E-state index in [-0.39, 0.29) is 64.3 Å². The molecular weight excluding hydrogens is 564 g/mol. The van der Waals surface area contributed by atoms with Gasteiger partial charge in [0.1, 0.15) is 23.6 Å². The van der Waals surface area contributed by atoms with Gasteiger partial charge in [0.25, 0.3) is 5.91 Å². The molecule has 0 radical (unpaired) electrons. The standard InChI is InChI=1S/C26H26ClF2N7O5/c1-3-34(10-7-15(2)25(39)40)21(37)14-35-13-19(32-24(38)18-12-31-36-9-4-8-30-23(18)36)22(33-35)17-11-16(27)5-6-20(17)41-26(28)29/h4-6,8-9,11-13,15,26H,3,7,10,14H2,1-2H3,(H,32,38)(H,39,40). The third kappa shape index (κ3) is 6.95. The van der Waals surface area contributed by atoms with Crippen LogP contribution < -0.4 is 10.1 Å². The van der Waals surface area contributed by atoms with E-state index in [1.54, 1.807) is 26.1 Å². The number of nitrogens with zero attached hydrogens (tertiary/aromatic N) is 6. The molecular formula is C26H26ClF2N7O5. The van der Waals surface area contributed by atoms with Gasteiger partial charge in [0.15, 0.2) is 5.65 Å². The van der Waals surface area contributed by atoms with Crippen LogP contribution in [0.1, 0.15) is 30.6 Å². The highest BCUT2D eigenvalue weighted by atomic mass is 35.5. The van der Waals surface area contributed by atoms with Crippen LogP contribution in [-0.2, 0) is 16.1 Å². The van der Waals surface area contributed by atoms with Crippen LogP contribution in [0.3, 0.4) is 0 Å². The number of nitrogens with one attached hydrogen (secondary N) is 1. The van der Waals surface area contributed by atoms with Crippen LogP contribution in [0.25, 0.3) is 16.9 Å². The molecule has 1 unspecified atom stereocenters. The molecule has 12 nitrogen and oxygen atoms in total. The number of hydrogen-bond donors (Lipinski definition) is 2. The van der Waals surface area contributed by atoms with Gasteiger partial charge in [-0.2, -0.15) is 19.0 Å². The number of aliphatic carboxylic acids is 1. The monoisotopic (exact) mass is 589 g/mol. The van der Waals surface area contributed by atoms with E-state index in [4.69, 9.17) is 16.7 Å². The molecule has 0 saturated heterocycles. The lowest BCUT2D eigenvalue weighted by molar-refractivity contribution is -0.142. The van der Waals surface area contributed by atoms with Crippen molar-refractivity contribution in [3.63, 3.8) is 0 Å². The minimum Gasteiger partial charge on any atom is -0.481 e. The van der Waals surface area contributed by atoms with Gasteiger partial charge in [-0.05, 0) is 37.6 Å². The number of hydrogen-bond acceptors (Lipinski definition) is 7. The number of likely N-dealkylation sites (N-methyl/N-ethyl adjacent to an activating group) is 1. The molecule has 0 bridgehead atoms. The van der Waals surface area contributed by atoms with Gasteiger partial charge < -0.3 is 20.1 Å². The lowest BCUT2D eigenvalue weighted by Gasteiger charge is -2.21. The number of rotatable bonds is 12. The number of anilines is 1. The van der Waals surface area contributed by atoms with E-state index < -0.39 is 24.4 Å². The molecule has 1 aromatic carbocycles. The van der Waals surface area contributed by atoms with Gasteiger partial charge in [-0.15, -0.1) is 0 Å². The Labute approximate surface area is 237 Å². The first-order chi connectivity index (χ1) is 19.6. The van der Waals surface area contributed by atoms with Gasteiger partial charge in [-0.25, -0.2) is 9.50 Å². The van der Waals surface area contributed by atoms with Crippen molar-refractivity contribution in [2.75, 3.05) is 18.4 Å². The fraction of sp³-hybridized carbons (Fsp3) is 0.308. The Balaban J connectivity index is 1.68. The molecule has 4 aromatic rings. The Hall–Kier alpha value is -4.59. The second-order valence-corrected chi connectivity index (χ2v) is 9.45. The van der Waals surface area contributed by atoms with Crippen LogP contribution in [0.15, 0.2) is 49.1 Å². The van der Waals surface area contributed by atoms with Crippen molar-refractivity contribution in [2.45, 2.75) is 33.4 Å². The van der Waals surface area contributed by atoms with E-state index >= 15 is 0 Å². The molecule has 2 amide bonds. The maximum atomic E-state index is 13.3. The number of fused-ring (bicyclic) bond motifs is 1. The number of carboxylic acid groups (broad SMARTS) is 1. The zero-order valence-corrected chi connectivity index (χ0v) is 22.8. The molecule has 15 heteroatoms. The molecule has 3 aromatic heterocycles. The average Bonchev–Trinajstić information content (AvgIpc) is 3.53. The van der Waals surface area contributed by atoms with E-state index in [9.17, 15) is 23.2 Å². The molecule has 0 aliphatic rings. The Kier molecular flexibility index (Phi) is 9.12. The number of amides is 2. The number of benzene rings is 1. The predicted molar refractivity (Wildman–Crippen MR) is 144 cm³/mol. The molecule has 0 spiro atoms. The molecule has 41 heavy (non-hydrogen) atoms. The zero-order chi connectivity index (χ0) is 29.7. The van der Waals surface area contributed by atoms with E-state index in [0.717, 1.165) is 0 Å². The lowest BCUT2D eigenvalue weighted by atomic mass is 10.1. The van der Waals surface area contributed by atoms with Crippen molar-refractivity contribution in [3.8, 4) is 17.0 Å². The largest absolute Gasteiger partial charge is 0.481 e. The highest BCUT2D eigenvalue weighted by Crippen LogP contribution is 2.37. The van der Waals surface area contributed by atoms with Gasteiger partial charge >= 0.3 is 12.6 Å². The quantitative estimate of drug-likeness (QED) is 0.252. The second kappa shape index (κ2) is 12.7. The van der Waals surface area contributed by atoms with E-state index in [1.807, 2.05) is 0 Å². The van der Waals surface area contributed by atoms with Crippen LogP contribution in [0.5, 0.6) is 5.75 Å².